The third-order valence-corrected chi connectivity index (χ3v) is 2.20. The minimum Gasteiger partial charge on any atom is -0.478 e. The van der Waals surface area contributed by atoms with E-state index in [2.05, 4.69) is 10.4 Å². The van der Waals surface area contributed by atoms with Gasteiger partial charge in [-0.15, -0.1) is 0 Å². The molecular formula is C11H10FN3O2. The van der Waals surface area contributed by atoms with E-state index in [0.717, 1.165) is 6.07 Å². The third kappa shape index (κ3) is 2.41. The molecule has 0 aliphatic heterocycles. The first kappa shape index (κ1) is 11.1. The number of halogens is 1. The Labute approximate surface area is 96.5 Å². The number of carboxylic acid groups (broad SMARTS) is 1. The summed E-state index contributed by atoms with van der Waals surface area (Å²) in [6.45, 7) is 0. The number of aryl methyl sites for hydroxylation is 1. The van der Waals surface area contributed by atoms with Crippen molar-refractivity contribution < 1.29 is 14.3 Å². The molecule has 0 aliphatic carbocycles. The van der Waals surface area contributed by atoms with Crippen molar-refractivity contribution >= 4 is 17.3 Å². The number of aromatic nitrogens is 2. The van der Waals surface area contributed by atoms with E-state index in [0.29, 0.717) is 11.4 Å². The van der Waals surface area contributed by atoms with Crippen molar-refractivity contribution in [3.8, 4) is 0 Å². The Hall–Kier alpha value is -2.37. The van der Waals surface area contributed by atoms with Crippen LogP contribution in [0, 0.1) is 5.82 Å². The van der Waals surface area contributed by atoms with Crippen LogP contribution in [0.2, 0.25) is 0 Å². The highest BCUT2D eigenvalue weighted by Gasteiger charge is 2.11. The number of carbonyl (C=O) groups is 1. The monoisotopic (exact) mass is 235 g/mol. The number of nitrogens with zero attached hydrogens (tertiary/aromatic N) is 2. The second kappa shape index (κ2) is 4.25. The van der Waals surface area contributed by atoms with Crippen LogP contribution in [-0.4, -0.2) is 20.9 Å². The molecule has 0 fully saturated rings. The van der Waals surface area contributed by atoms with Crippen LogP contribution in [0.5, 0.6) is 0 Å². The fourth-order valence-corrected chi connectivity index (χ4v) is 1.44. The summed E-state index contributed by atoms with van der Waals surface area (Å²) in [6, 6.07) is 3.55. The van der Waals surface area contributed by atoms with E-state index in [-0.39, 0.29) is 5.56 Å². The molecule has 0 aliphatic rings. The zero-order valence-corrected chi connectivity index (χ0v) is 9.01. The van der Waals surface area contributed by atoms with Crippen molar-refractivity contribution in [3.05, 3.63) is 42.0 Å². The predicted octanol–water partition coefficient (Wildman–Crippen LogP) is 2.00. The lowest BCUT2D eigenvalue weighted by Gasteiger charge is -2.07. The Morgan fingerprint density at radius 1 is 1.53 bits per heavy atom. The Balaban J connectivity index is 2.35. The summed E-state index contributed by atoms with van der Waals surface area (Å²) in [4.78, 5) is 10.9. The minimum atomic E-state index is -1.18. The quantitative estimate of drug-likeness (QED) is 0.853. The van der Waals surface area contributed by atoms with Crippen LogP contribution in [0.3, 0.4) is 0 Å². The number of rotatable bonds is 3. The van der Waals surface area contributed by atoms with Crippen LogP contribution < -0.4 is 5.32 Å². The largest absolute Gasteiger partial charge is 0.478 e. The van der Waals surface area contributed by atoms with E-state index in [9.17, 15) is 9.18 Å². The molecule has 2 N–H and O–H groups in total. The fourth-order valence-electron chi connectivity index (χ4n) is 1.44. The molecule has 0 saturated carbocycles. The molecule has 5 nitrogen and oxygen atoms in total. The number of hydrogen-bond donors (Lipinski definition) is 2. The number of nitrogens with one attached hydrogen (secondary N) is 1. The maximum Gasteiger partial charge on any atom is 0.337 e. The number of aromatic carboxylic acids is 1. The molecule has 2 aromatic rings. The molecule has 1 heterocycles. The van der Waals surface area contributed by atoms with Crippen molar-refractivity contribution in [2.45, 2.75) is 0 Å². The first-order valence-corrected chi connectivity index (χ1v) is 4.85. The standard InChI is InChI=1S/C11H10FN3O2/c1-15-6-8(5-13-15)14-10-3-2-7(12)4-9(10)11(16)17/h2-6,14H,1H3,(H,16,17). The molecule has 1 aromatic heterocycles. The van der Waals surface area contributed by atoms with Crippen LogP contribution in [0.1, 0.15) is 10.4 Å². The van der Waals surface area contributed by atoms with Gasteiger partial charge in [0.05, 0.1) is 23.1 Å². The number of hydrogen-bond acceptors (Lipinski definition) is 3. The van der Waals surface area contributed by atoms with Crippen molar-refractivity contribution in [1.82, 2.24) is 9.78 Å². The molecule has 0 unspecified atom stereocenters. The first-order valence-electron chi connectivity index (χ1n) is 4.85. The normalized spacial score (nSPS) is 10.2. The Bertz CT molecular complexity index is 566. The van der Waals surface area contributed by atoms with Crippen molar-refractivity contribution in [2.75, 3.05) is 5.32 Å². The molecule has 17 heavy (non-hydrogen) atoms. The van der Waals surface area contributed by atoms with Gasteiger partial charge in [0.25, 0.3) is 0 Å². The molecule has 88 valence electrons. The lowest BCUT2D eigenvalue weighted by molar-refractivity contribution is 0.0697. The lowest BCUT2D eigenvalue weighted by atomic mass is 10.1. The molecular weight excluding hydrogens is 225 g/mol. The van der Waals surface area contributed by atoms with Crippen molar-refractivity contribution in [3.63, 3.8) is 0 Å². The van der Waals surface area contributed by atoms with Crippen molar-refractivity contribution in [1.29, 1.82) is 0 Å². The van der Waals surface area contributed by atoms with Gasteiger partial charge in [-0.2, -0.15) is 5.10 Å². The minimum absolute atomic E-state index is 0.117. The van der Waals surface area contributed by atoms with Gasteiger partial charge >= 0.3 is 5.97 Å². The van der Waals surface area contributed by atoms with Gasteiger partial charge in [0.1, 0.15) is 5.82 Å². The molecule has 0 radical (unpaired) electrons. The maximum atomic E-state index is 12.9. The fraction of sp³-hybridized carbons (Fsp3) is 0.0909. The van der Waals surface area contributed by atoms with Crippen LogP contribution in [-0.2, 0) is 7.05 Å². The van der Waals surface area contributed by atoms with E-state index in [1.54, 1.807) is 24.1 Å². The highest BCUT2D eigenvalue weighted by molar-refractivity contribution is 5.95. The maximum absolute atomic E-state index is 12.9. The molecule has 0 atom stereocenters. The summed E-state index contributed by atoms with van der Waals surface area (Å²) in [5, 5.41) is 15.8. The zero-order chi connectivity index (χ0) is 12.4. The second-order valence-corrected chi connectivity index (χ2v) is 3.52. The van der Waals surface area contributed by atoms with Gasteiger partial charge in [0, 0.05) is 13.2 Å². The molecule has 2 rings (SSSR count). The van der Waals surface area contributed by atoms with Crippen LogP contribution in [0.4, 0.5) is 15.8 Å². The van der Waals surface area contributed by atoms with Gasteiger partial charge < -0.3 is 10.4 Å². The second-order valence-electron chi connectivity index (χ2n) is 3.52. The molecule has 0 saturated heterocycles. The Morgan fingerprint density at radius 2 is 2.29 bits per heavy atom. The summed E-state index contributed by atoms with van der Waals surface area (Å²) in [7, 11) is 1.74. The summed E-state index contributed by atoms with van der Waals surface area (Å²) < 4.78 is 14.5. The van der Waals surface area contributed by atoms with Gasteiger partial charge in [-0.25, -0.2) is 9.18 Å². The van der Waals surface area contributed by atoms with Gasteiger partial charge in [0.15, 0.2) is 0 Å². The summed E-state index contributed by atoms with van der Waals surface area (Å²) in [5.74, 6) is -1.77. The van der Waals surface area contributed by atoms with E-state index in [1.165, 1.54) is 12.1 Å². The van der Waals surface area contributed by atoms with Gasteiger partial charge in [-0.05, 0) is 18.2 Å². The third-order valence-electron chi connectivity index (χ3n) is 2.20. The SMILES string of the molecule is Cn1cc(Nc2ccc(F)cc2C(=O)O)cn1. The van der Waals surface area contributed by atoms with E-state index in [1.807, 2.05) is 0 Å². The topological polar surface area (TPSA) is 67.2 Å². The highest BCUT2D eigenvalue weighted by atomic mass is 19.1. The number of anilines is 2. The molecule has 6 heteroatoms. The molecule has 0 amide bonds. The smallest absolute Gasteiger partial charge is 0.337 e. The summed E-state index contributed by atoms with van der Waals surface area (Å²) in [6.07, 6.45) is 3.24. The van der Waals surface area contributed by atoms with Crippen molar-refractivity contribution in [2.24, 2.45) is 7.05 Å². The molecule has 1 aromatic carbocycles. The number of carboxylic acids is 1. The molecule has 0 bridgehead atoms. The Morgan fingerprint density at radius 3 is 2.88 bits per heavy atom. The van der Waals surface area contributed by atoms with Gasteiger partial charge in [0.2, 0.25) is 0 Å². The van der Waals surface area contributed by atoms with Gasteiger partial charge in [-0.3, -0.25) is 4.68 Å². The van der Waals surface area contributed by atoms with Crippen LogP contribution in [0.15, 0.2) is 30.6 Å². The average molecular weight is 235 g/mol. The summed E-state index contributed by atoms with van der Waals surface area (Å²) >= 11 is 0. The van der Waals surface area contributed by atoms with Crippen LogP contribution in [0.25, 0.3) is 0 Å². The van der Waals surface area contributed by atoms with Crippen LogP contribution >= 0.6 is 0 Å². The zero-order valence-electron chi connectivity index (χ0n) is 9.01. The number of benzene rings is 1. The van der Waals surface area contributed by atoms with E-state index >= 15 is 0 Å². The van der Waals surface area contributed by atoms with E-state index < -0.39 is 11.8 Å². The summed E-state index contributed by atoms with van der Waals surface area (Å²) in [5.41, 5.74) is 0.849. The average Bonchev–Trinajstić information content (AvgIpc) is 2.66. The molecule has 0 spiro atoms. The first-order chi connectivity index (χ1) is 8.06. The predicted molar refractivity (Wildman–Crippen MR) is 59.9 cm³/mol. The highest BCUT2D eigenvalue weighted by Crippen LogP contribution is 2.21. The lowest BCUT2D eigenvalue weighted by Crippen LogP contribution is -2.03. The van der Waals surface area contributed by atoms with E-state index in [4.69, 9.17) is 5.11 Å². The van der Waals surface area contributed by atoms with Gasteiger partial charge in [-0.1, -0.05) is 0 Å². The Kier molecular flexibility index (Phi) is 2.78.